The minimum atomic E-state index is -3.17. The molecular weight excluding hydrogens is 194 g/mol. The number of hydrogen-bond acceptors (Lipinski definition) is 4. The van der Waals surface area contributed by atoms with Gasteiger partial charge < -0.3 is 9.47 Å². The van der Waals surface area contributed by atoms with Gasteiger partial charge in [0.05, 0.1) is 25.5 Å². The number of nitrogens with one attached hydrogen (secondary N) is 1. The van der Waals surface area contributed by atoms with Crippen LogP contribution in [0.4, 0.5) is 0 Å². The SMILES string of the molecule is CC1(C)OCC(NS(C)(=O)=O)CO1. The van der Waals surface area contributed by atoms with Crippen LogP contribution in [0.3, 0.4) is 0 Å². The predicted octanol–water partition coefficient (Wildman–Crippen LogP) is -0.313. The van der Waals surface area contributed by atoms with Crippen molar-refractivity contribution in [2.45, 2.75) is 25.7 Å². The van der Waals surface area contributed by atoms with Crippen LogP contribution in [0.5, 0.6) is 0 Å². The molecular formula is C7H15NO4S. The Balaban J connectivity index is 2.43. The van der Waals surface area contributed by atoms with Crippen molar-refractivity contribution >= 4 is 10.0 Å². The van der Waals surface area contributed by atoms with Crippen molar-refractivity contribution in [3.63, 3.8) is 0 Å². The monoisotopic (exact) mass is 209 g/mol. The van der Waals surface area contributed by atoms with Crippen molar-refractivity contribution < 1.29 is 17.9 Å². The first kappa shape index (κ1) is 10.9. The topological polar surface area (TPSA) is 64.6 Å². The largest absolute Gasteiger partial charge is 0.349 e. The zero-order valence-electron chi connectivity index (χ0n) is 8.03. The normalized spacial score (nSPS) is 24.5. The van der Waals surface area contributed by atoms with E-state index in [-0.39, 0.29) is 6.04 Å². The van der Waals surface area contributed by atoms with Crippen LogP contribution in [-0.2, 0) is 19.5 Å². The number of hydrogen-bond donors (Lipinski definition) is 1. The Hall–Kier alpha value is -0.170. The Morgan fingerprint density at radius 2 is 1.77 bits per heavy atom. The second kappa shape index (κ2) is 3.53. The van der Waals surface area contributed by atoms with E-state index in [1.807, 2.05) is 0 Å². The summed E-state index contributed by atoms with van der Waals surface area (Å²) in [6.45, 7) is 4.29. The van der Waals surface area contributed by atoms with Gasteiger partial charge in [0, 0.05) is 0 Å². The quantitative estimate of drug-likeness (QED) is 0.677. The summed E-state index contributed by atoms with van der Waals surface area (Å²) in [6.07, 6.45) is 1.12. The summed E-state index contributed by atoms with van der Waals surface area (Å²) < 4.78 is 34.6. The first-order chi connectivity index (χ1) is 5.79. The maximum Gasteiger partial charge on any atom is 0.209 e. The van der Waals surface area contributed by atoms with Gasteiger partial charge in [0.15, 0.2) is 5.79 Å². The van der Waals surface area contributed by atoms with Crippen LogP contribution < -0.4 is 4.72 Å². The third kappa shape index (κ3) is 4.04. The summed E-state index contributed by atoms with van der Waals surface area (Å²) in [5.74, 6) is -0.602. The van der Waals surface area contributed by atoms with Gasteiger partial charge in [0.1, 0.15) is 0 Å². The average Bonchev–Trinajstić information content (AvgIpc) is 1.91. The molecule has 0 aromatic rings. The minimum absolute atomic E-state index is 0.275. The molecule has 0 radical (unpaired) electrons. The molecule has 6 heteroatoms. The predicted molar refractivity (Wildman–Crippen MR) is 47.8 cm³/mol. The van der Waals surface area contributed by atoms with Gasteiger partial charge in [0.25, 0.3) is 0 Å². The number of ether oxygens (including phenoxy) is 2. The third-order valence-corrected chi connectivity index (χ3v) is 2.41. The zero-order chi connectivity index (χ0) is 10.1. The molecule has 0 saturated carbocycles. The summed E-state index contributed by atoms with van der Waals surface area (Å²) in [5.41, 5.74) is 0. The van der Waals surface area contributed by atoms with Crippen LogP contribution in [0.1, 0.15) is 13.8 Å². The van der Waals surface area contributed by atoms with Gasteiger partial charge in [-0.1, -0.05) is 0 Å². The second-order valence-electron chi connectivity index (χ2n) is 3.61. The molecule has 1 fully saturated rings. The van der Waals surface area contributed by atoms with Crippen LogP contribution >= 0.6 is 0 Å². The Morgan fingerprint density at radius 1 is 1.31 bits per heavy atom. The summed E-state index contributed by atoms with van der Waals surface area (Å²) in [7, 11) is -3.17. The first-order valence-electron chi connectivity index (χ1n) is 4.04. The fraction of sp³-hybridized carbons (Fsp3) is 1.00. The highest BCUT2D eigenvalue weighted by Crippen LogP contribution is 2.16. The average molecular weight is 209 g/mol. The molecule has 0 bridgehead atoms. The molecule has 1 rings (SSSR count). The van der Waals surface area contributed by atoms with Gasteiger partial charge in [-0.25, -0.2) is 13.1 Å². The van der Waals surface area contributed by atoms with E-state index in [0.717, 1.165) is 6.26 Å². The Morgan fingerprint density at radius 3 is 2.15 bits per heavy atom. The molecule has 0 aliphatic carbocycles. The standard InChI is InChI=1S/C7H15NO4S/c1-7(2)11-4-6(5-12-7)8-13(3,9)10/h6,8H,4-5H2,1-3H3. The summed E-state index contributed by atoms with van der Waals surface area (Å²) in [6, 6.07) is -0.275. The third-order valence-electron chi connectivity index (χ3n) is 1.64. The molecule has 0 unspecified atom stereocenters. The van der Waals surface area contributed by atoms with Gasteiger partial charge >= 0.3 is 0 Å². The highest BCUT2D eigenvalue weighted by atomic mass is 32.2. The molecule has 1 N–H and O–H groups in total. The van der Waals surface area contributed by atoms with E-state index in [0.29, 0.717) is 13.2 Å². The Labute approximate surface area is 78.5 Å². The van der Waals surface area contributed by atoms with Crippen LogP contribution in [-0.4, -0.2) is 39.7 Å². The zero-order valence-corrected chi connectivity index (χ0v) is 8.85. The lowest BCUT2D eigenvalue weighted by atomic mass is 10.3. The fourth-order valence-electron chi connectivity index (χ4n) is 1.06. The van der Waals surface area contributed by atoms with E-state index in [2.05, 4.69) is 4.72 Å². The van der Waals surface area contributed by atoms with Crippen molar-refractivity contribution in [3.05, 3.63) is 0 Å². The molecule has 0 spiro atoms. The van der Waals surface area contributed by atoms with Gasteiger partial charge in [-0.15, -0.1) is 0 Å². The van der Waals surface area contributed by atoms with Gasteiger partial charge in [-0.2, -0.15) is 0 Å². The maximum absolute atomic E-state index is 10.8. The van der Waals surface area contributed by atoms with E-state index < -0.39 is 15.8 Å². The molecule has 0 aromatic carbocycles. The van der Waals surface area contributed by atoms with Crippen molar-refractivity contribution in [2.24, 2.45) is 0 Å². The number of rotatable bonds is 2. The van der Waals surface area contributed by atoms with Gasteiger partial charge in [-0.3, -0.25) is 0 Å². The van der Waals surface area contributed by atoms with E-state index in [4.69, 9.17) is 9.47 Å². The molecule has 0 amide bonds. The van der Waals surface area contributed by atoms with Crippen LogP contribution in [0.25, 0.3) is 0 Å². The molecule has 5 nitrogen and oxygen atoms in total. The van der Waals surface area contributed by atoms with Crippen molar-refractivity contribution in [1.82, 2.24) is 4.72 Å². The van der Waals surface area contributed by atoms with Gasteiger partial charge in [-0.05, 0) is 13.8 Å². The smallest absolute Gasteiger partial charge is 0.209 e. The summed E-state index contributed by atoms with van der Waals surface area (Å²) in [4.78, 5) is 0. The molecule has 1 heterocycles. The fourth-order valence-corrected chi connectivity index (χ4v) is 1.80. The molecule has 1 saturated heterocycles. The lowest BCUT2D eigenvalue weighted by Gasteiger charge is -2.34. The maximum atomic E-state index is 10.8. The Bertz CT molecular complexity index is 262. The molecule has 0 aromatic heterocycles. The molecule has 0 atom stereocenters. The van der Waals surface area contributed by atoms with E-state index in [1.54, 1.807) is 13.8 Å². The second-order valence-corrected chi connectivity index (χ2v) is 5.39. The summed E-state index contributed by atoms with van der Waals surface area (Å²) in [5, 5.41) is 0. The molecule has 1 aliphatic heterocycles. The molecule has 13 heavy (non-hydrogen) atoms. The highest BCUT2D eigenvalue weighted by Gasteiger charge is 2.29. The molecule has 78 valence electrons. The Kier molecular flexibility index (Phi) is 2.96. The number of sulfonamides is 1. The van der Waals surface area contributed by atoms with Gasteiger partial charge in [0.2, 0.25) is 10.0 Å². The van der Waals surface area contributed by atoms with E-state index >= 15 is 0 Å². The lowest BCUT2D eigenvalue weighted by molar-refractivity contribution is -0.251. The lowest BCUT2D eigenvalue weighted by Crippen LogP contribution is -2.49. The van der Waals surface area contributed by atoms with Crippen LogP contribution in [0.2, 0.25) is 0 Å². The van der Waals surface area contributed by atoms with Crippen molar-refractivity contribution in [2.75, 3.05) is 19.5 Å². The molecule has 1 aliphatic rings. The summed E-state index contributed by atoms with van der Waals surface area (Å²) >= 11 is 0. The van der Waals surface area contributed by atoms with Crippen LogP contribution in [0.15, 0.2) is 0 Å². The van der Waals surface area contributed by atoms with Crippen LogP contribution in [0, 0.1) is 0 Å². The van der Waals surface area contributed by atoms with E-state index in [9.17, 15) is 8.42 Å². The first-order valence-corrected chi connectivity index (χ1v) is 5.93. The minimum Gasteiger partial charge on any atom is -0.349 e. The highest BCUT2D eigenvalue weighted by molar-refractivity contribution is 7.88. The van der Waals surface area contributed by atoms with Crippen molar-refractivity contribution in [3.8, 4) is 0 Å². The van der Waals surface area contributed by atoms with E-state index in [1.165, 1.54) is 0 Å². The van der Waals surface area contributed by atoms with Crippen molar-refractivity contribution in [1.29, 1.82) is 0 Å².